The van der Waals surface area contributed by atoms with Gasteiger partial charge in [0.2, 0.25) is 11.8 Å². The van der Waals surface area contributed by atoms with E-state index < -0.39 is 116 Å². The van der Waals surface area contributed by atoms with Crippen molar-refractivity contribution in [2.24, 2.45) is 5.16 Å². The van der Waals surface area contributed by atoms with Crippen LogP contribution in [0.4, 0.5) is 9.18 Å². The highest BCUT2D eigenvalue weighted by Crippen LogP contribution is 2.14. The zero-order chi connectivity index (χ0) is 48.4. The van der Waals surface area contributed by atoms with Crippen LogP contribution in [0.5, 0.6) is 5.75 Å². The van der Waals surface area contributed by atoms with Gasteiger partial charge in [0.1, 0.15) is 35.7 Å². The Bertz CT molecular complexity index is 2160. The lowest BCUT2D eigenvalue weighted by molar-refractivity contribution is -0.142. The zero-order valence-corrected chi connectivity index (χ0v) is 35.3. The van der Waals surface area contributed by atoms with Crippen molar-refractivity contribution in [2.75, 3.05) is 26.3 Å². The molecule has 10 N–H and O–H groups in total. The molecule has 0 unspecified atom stereocenters. The minimum Gasteiger partial charge on any atom is -0.484 e. The second-order valence-electron chi connectivity index (χ2n) is 14.4. The molecule has 6 amide bonds. The van der Waals surface area contributed by atoms with Gasteiger partial charge < -0.3 is 61.9 Å². The third-order valence-corrected chi connectivity index (χ3v) is 9.16. The third kappa shape index (κ3) is 20.8. The Kier molecular flexibility index (Phi) is 22.0. The van der Waals surface area contributed by atoms with E-state index in [1.807, 2.05) is 5.32 Å². The topological polar surface area (TPSA) is 338 Å². The highest BCUT2D eigenvalue weighted by Gasteiger charge is 2.26. The number of amides is 6. The van der Waals surface area contributed by atoms with Gasteiger partial charge >= 0.3 is 29.9 Å². The number of hydrogen-bond acceptors (Lipinski definition) is 12. The Labute approximate surface area is 376 Å². The van der Waals surface area contributed by atoms with Crippen molar-refractivity contribution < 1.29 is 77.5 Å². The van der Waals surface area contributed by atoms with E-state index in [1.165, 1.54) is 54.7 Å². The standard InChI is InChI=1S/C43H50FN7O15/c44-29-13-9-28(10-14-29)22-47-66-25-36(53)46-23-35(52)49-34(42(62)63)21-27-11-15-30(16-12-27)65-24-37(54)48-33(20-26-6-2-1-3-7-26)39(57)45-19-5-4-8-31(40(58)59)50-43(64)51-32(41(60)61)17-18-38(55)56/h1-3,6-7,9-16,22,31-34H,4-5,8,17-21,23-25H2,(H,45,57)(H,46,53)(H,48,54)(H,49,52)(H,55,56)(H,58,59)(H,60,61)(H,62,63)(H2,50,51,64)/b47-22+/t31-,32-,33-,34-/m0/s1. The average molecular weight is 924 g/mol. The Morgan fingerprint density at radius 1 is 0.606 bits per heavy atom. The number of nitrogens with one attached hydrogen (secondary N) is 6. The van der Waals surface area contributed by atoms with E-state index >= 15 is 0 Å². The molecule has 22 nitrogen and oxygen atoms in total. The number of carboxylic acids is 4. The molecule has 0 radical (unpaired) electrons. The fourth-order valence-electron chi connectivity index (χ4n) is 5.77. The van der Waals surface area contributed by atoms with E-state index in [0.717, 1.165) is 5.56 Å². The van der Waals surface area contributed by atoms with E-state index in [1.54, 1.807) is 30.3 Å². The van der Waals surface area contributed by atoms with E-state index in [2.05, 4.69) is 31.7 Å². The Morgan fingerprint density at radius 3 is 1.82 bits per heavy atom. The molecule has 0 saturated heterocycles. The minimum atomic E-state index is -1.56. The summed E-state index contributed by atoms with van der Waals surface area (Å²) in [5.41, 5.74) is 1.73. The van der Waals surface area contributed by atoms with Gasteiger partial charge in [-0.05, 0) is 66.6 Å². The van der Waals surface area contributed by atoms with Crippen LogP contribution < -0.4 is 36.6 Å². The molecular formula is C43H50FN7O15. The molecule has 0 aliphatic rings. The third-order valence-electron chi connectivity index (χ3n) is 9.16. The number of aliphatic carboxylic acids is 4. The van der Waals surface area contributed by atoms with Crippen molar-refractivity contribution in [1.82, 2.24) is 31.9 Å². The van der Waals surface area contributed by atoms with Crippen molar-refractivity contribution in [1.29, 1.82) is 0 Å². The first-order chi connectivity index (χ1) is 31.5. The van der Waals surface area contributed by atoms with Gasteiger partial charge in [-0.15, -0.1) is 0 Å². The molecule has 354 valence electrons. The van der Waals surface area contributed by atoms with Gasteiger partial charge in [0, 0.05) is 25.8 Å². The lowest BCUT2D eigenvalue weighted by atomic mass is 10.0. The summed E-state index contributed by atoms with van der Waals surface area (Å²) in [4.78, 5) is 114. The fraction of sp³-hybridized carbons (Fsp3) is 0.349. The van der Waals surface area contributed by atoms with Crippen LogP contribution in [-0.4, -0.2) is 131 Å². The summed E-state index contributed by atoms with van der Waals surface area (Å²) < 4.78 is 18.6. The summed E-state index contributed by atoms with van der Waals surface area (Å²) in [5.74, 6) is -8.41. The molecule has 3 aromatic rings. The van der Waals surface area contributed by atoms with Crippen LogP contribution in [0.3, 0.4) is 0 Å². The molecule has 0 fully saturated rings. The van der Waals surface area contributed by atoms with Crippen LogP contribution in [-0.2, 0) is 56.0 Å². The lowest BCUT2D eigenvalue weighted by Crippen LogP contribution is -2.51. The number of carbonyl (C=O) groups excluding carboxylic acids is 5. The minimum absolute atomic E-state index is 0.0635. The number of ether oxygens (including phenoxy) is 1. The molecule has 0 bridgehead atoms. The predicted octanol–water partition coefficient (Wildman–Crippen LogP) is 0.568. The van der Waals surface area contributed by atoms with Crippen molar-refractivity contribution in [2.45, 2.75) is 69.1 Å². The smallest absolute Gasteiger partial charge is 0.326 e. The first-order valence-electron chi connectivity index (χ1n) is 20.3. The molecule has 0 aliphatic heterocycles. The van der Waals surface area contributed by atoms with Crippen LogP contribution in [0.2, 0.25) is 0 Å². The number of benzene rings is 3. The van der Waals surface area contributed by atoms with Crippen LogP contribution in [0.15, 0.2) is 84.0 Å². The van der Waals surface area contributed by atoms with E-state index in [-0.39, 0.29) is 44.4 Å². The lowest BCUT2D eigenvalue weighted by Gasteiger charge is -2.20. The molecule has 0 heterocycles. The molecule has 0 aliphatic carbocycles. The van der Waals surface area contributed by atoms with Gasteiger partial charge in [-0.3, -0.25) is 24.0 Å². The molecule has 3 aromatic carbocycles. The van der Waals surface area contributed by atoms with E-state index in [9.17, 15) is 62.9 Å². The molecule has 0 spiro atoms. The fourth-order valence-corrected chi connectivity index (χ4v) is 5.77. The maximum Gasteiger partial charge on any atom is 0.326 e. The number of rotatable bonds is 29. The number of oxime groups is 1. The van der Waals surface area contributed by atoms with E-state index in [0.29, 0.717) is 11.1 Å². The number of halogens is 1. The van der Waals surface area contributed by atoms with Gasteiger partial charge in [0.15, 0.2) is 13.2 Å². The highest BCUT2D eigenvalue weighted by atomic mass is 19.1. The molecular weight excluding hydrogens is 874 g/mol. The van der Waals surface area contributed by atoms with Crippen molar-refractivity contribution >= 4 is 59.8 Å². The number of hydrogen-bond donors (Lipinski definition) is 10. The van der Waals surface area contributed by atoms with Crippen LogP contribution in [0.1, 0.15) is 48.8 Å². The van der Waals surface area contributed by atoms with Gasteiger partial charge in [0.25, 0.3) is 11.8 Å². The second kappa shape index (κ2) is 27.8. The summed E-state index contributed by atoms with van der Waals surface area (Å²) in [6.45, 7) is -1.53. The maximum absolute atomic E-state index is 13.3. The summed E-state index contributed by atoms with van der Waals surface area (Å²) in [6, 6.07) is 13.6. The number of unbranched alkanes of at least 4 members (excludes halogenated alkanes) is 1. The monoisotopic (exact) mass is 923 g/mol. The van der Waals surface area contributed by atoms with Crippen molar-refractivity contribution in [3.05, 3.63) is 101 Å². The Hall–Kier alpha value is -8.11. The zero-order valence-electron chi connectivity index (χ0n) is 35.3. The largest absolute Gasteiger partial charge is 0.484 e. The molecule has 4 atom stereocenters. The van der Waals surface area contributed by atoms with Gasteiger partial charge in [0.05, 0.1) is 12.8 Å². The maximum atomic E-state index is 13.3. The summed E-state index contributed by atoms with van der Waals surface area (Å²) in [7, 11) is 0. The summed E-state index contributed by atoms with van der Waals surface area (Å²) >= 11 is 0. The molecule has 0 saturated carbocycles. The van der Waals surface area contributed by atoms with Crippen molar-refractivity contribution in [3.8, 4) is 5.75 Å². The van der Waals surface area contributed by atoms with Gasteiger partial charge in [-0.1, -0.05) is 59.8 Å². The number of carboxylic acid groups (broad SMARTS) is 4. The number of carbonyl (C=O) groups is 9. The van der Waals surface area contributed by atoms with Gasteiger partial charge in [-0.2, -0.15) is 0 Å². The van der Waals surface area contributed by atoms with E-state index in [4.69, 9.17) is 14.7 Å². The SMILES string of the molecule is O=C(O)CC[C@H](NC(=O)N[C@@H](CCCCNC(=O)[C@H](Cc1ccccc1)NC(=O)COc1ccc(C[C@H](NC(=O)CNC(=O)CO/N=C/c2ccc(F)cc2)C(=O)O)cc1)C(=O)O)C(=O)O. The van der Waals surface area contributed by atoms with Crippen molar-refractivity contribution in [3.63, 3.8) is 0 Å². The summed E-state index contributed by atoms with van der Waals surface area (Å²) in [6.07, 6.45) is 0.620. The quantitative estimate of drug-likeness (QED) is 0.0259. The first-order valence-corrected chi connectivity index (χ1v) is 20.3. The van der Waals surface area contributed by atoms with Crippen LogP contribution >= 0.6 is 0 Å². The van der Waals surface area contributed by atoms with Crippen LogP contribution in [0, 0.1) is 5.82 Å². The number of nitrogens with zero attached hydrogens (tertiary/aromatic N) is 1. The average Bonchev–Trinajstić information content (AvgIpc) is 3.27. The normalized spacial score (nSPS) is 12.6. The molecule has 66 heavy (non-hydrogen) atoms. The molecule has 3 rings (SSSR count). The molecule has 0 aromatic heterocycles. The van der Waals surface area contributed by atoms with Crippen LogP contribution in [0.25, 0.3) is 0 Å². The highest BCUT2D eigenvalue weighted by molar-refractivity contribution is 5.89. The summed E-state index contributed by atoms with van der Waals surface area (Å²) in [5, 5.41) is 55.0. The predicted molar refractivity (Wildman–Crippen MR) is 228 cm³/mol. The Morgan fingerprint density at radius 2 is 1.20 bits per heavy atom. The first kappa shape index (κ1) is 52.2. The number of urea groups is 1. The molecule has 23 heteroatoms. The van der Waals surface area contributed by atoms with Gasteiger partial charge in [-0.25, -0.2) is 23.6 Å². The Balaban J connectivity index is 1.44. The second-order valence-corrected chi connectivity index (χ2v) is 14.4.